The first-order chi connectivity index (χ1) is 9.81. The zero-order chi connectivity index (χ0) is 15.6. The molecular weight excluding hydrogens is 290 g/mol. The first-order valence-corrected chi connectivity index (χ1v) is 7.85. The number of aryl methyl sites for hydroxylation is 3. The lowest BCUT2D eigenvalue weighted by atomic mass is 10.1. The van der Waals surface area contributed by atoms with Crippen LogP contribution in [-0.4, -0.2) is 19.3 Å². The van der Waals surface area contributed by atoms with E-state index >= 15 is 0 Å². The summed E-state index contributed by atoms with van der Waals surface area (Å²) in [6, 6.07) is 6.55. The highest BCUT2D eigenvalue weighted by Gasteiger charge is 2.15. The molecule has 2 aromatic rings. The Bertz CT molecular complexity index is 755. The van der Waals surface area contributed by atoms with E-state index in [-0.39, 0.29) is 4.90 Å². The molecule has 0 fully saturated rings. The third kappa shape index (κ3) is 3.30. The molecule has 0 saturated heterocycles. The molecule has 7 heteroatoms. The molecule has 1 heterocycles. The lowest BCUT2D eigenvalue weighted by Gasteiger charge is -2.05. The SMILES string of the molecule is CC(=NNS(=O)(=O)c1ccc(C)cc1)c1c(C)noc1C. The van der Waals surface area contributed by atoms with E-state index in [0.29, 0.717) is 22.7 Å². The van der Waals surface area contributed by atoms with Crippen LogP contribution >= 0.6 is 0 Å². The van der Waals surface area contributed by atoms with Gasteiger partial charge in [-0.05, 0) is 39.8 Å². The van der Waals surface area contributed by atoms with E-state index in [1.165, 1.54) is 0 Å². The van der Waals surface area contributed by atoms with Crippen LogP contribution in [0.25, 0.3) is 0 Å². The van der Waals surface area contributed by atoms with Crippen molar-refractivity contribution in [3.05, 3.63) is 46.8 Å². The summed E-state index contributed by atoms with van der Waals surface area (Å²) in [7, 11) is -3.68. The molecule has 21 heavy (non-hydrogen) atoms. The van der Waals surface area contributed by atoms with E-state index in [2.05, 4.69) is 15.1 Å². The van der Waals surface area contributed by atoms with Gasteiger partial charge in [-0.3, -0.25) is 0 Å². The summed E-state index contributed by atoms with van der Waals surface area (Å²) >= 11 is 0. The van der Waals surface area contributed by atoms with E-state index in [1.54, 1.807) is 45.0 Å². The van der Waals surface area contributed by atoms with Crippen LogP contribution in [0.3, 0.4) is 0 Å². The summed E-state index contributed by atoms with van der Waals surface area (Å²) in [5.74, 6) is 0.600. The van der Waals surface area contributed by atoms with Crippen molar-refractivity contribution in [1.82, 2.24) is 9.99 Å². The summed E-state index contributed by atoms with van der Waals surface area (Å²) in [6.45, 7) is 7.12. The fourth-order valence-electron chi connectivity index (χ4n) is 1.95. The minimum Gasteiger partial charge on any atom is -0.361 e. The average Bonchev–Trinajstić information content (AvgIpc) is 2.76. The molecule has 0 amide bonds. The molecule has 0 spiro atoms. The van der Waals surface area contributed by atoms with Gasteiger partial charge in [0.2, 0.25) is 0 Å². The second kappa shape index (κ2) is 5.69. The number of aromatic nitrogens is 1. The highest BCUT2D eigenvalue weighted by molar-refractivity contribution is 7.89. The summed E-state index contributed by atoms with van der Waals surface area (Å²) in [5.41, 5.74) is 2.87. The van der Waals surface area contributed by atoms with Crippen molar-refractivity contribution in [1.29, 1.82) is 0 Å². The first kappa shape index (κ1) is 15.2. The zero-order valence-electron chi connectivity index (χ0n) is 12.3. The minimum absolute atomic E-state index is 0.170. The van der Waals surface area contributed by atoms with Crippen LogP contribution in [-0.2, 0) is 10.0 Å². The average molecular weight is 307 g/mol. The van der Waals surface area contributed by atoms with Gasteiger partial charge in [0.1, 0.15) is 5.76 Å². The van der Waals surface area contributed by atoms with Gasteiger partial charge in [0.05, 0.1) is 21.9 Å². The number of hydrogen-bond acceptors (Lipinski definition) is 5. The molecule has 1 aromatic carbocycles. The number of hydrogen-bond donors (Lipinski definition) is 1. The van der Waals surface area contributed by atoms with Gasteiger partial charge in [0.15, 0.2) is 0 Å². The molecule has 0 aliphatic carbocycles. The van der Waals surface area contributed by atoms with Gasteiger partial charge in [0, 0.05) is 0 Å². The van der Waals surface area contributed by atoms with Crippen LogP contribution in [0.5, 0.6) is 0 Å². The smallest absolute Gasteiger partial charge is 0.276 e. The minimum atomic E-state index is -3.68. The van der Waals surface area contributed by atoms with Crippen LogP contribution in [0, 0.1) is 20.8 Å². The monoisotopic (exact) mass is 307 g/mol. The Morgan fingerprint density at radius 3 is 2.33 bits per heavy atom. The van der Waals surface area contributed by atoms with Gasteiger partial charge in [-0.25, -0.2) is 0 Å². The summed E-state index contributed by atoms with van der Waals surface area (Å²) in [4.78, 5) is 2.40. The second-order valence-electron chi connectivity index (χ2n) is 4.80. The molecular formula is C14H17N3O3S. The van der Waals surface area contributed by atoms with E-state index < -0.39 is 10.0 Å². The molecule has 0 bridgehead atoms. The predicted octanol–water partition coefficient (Wildman–Crippen LogP) is 2.30. The van der Waals surface area contributed by atoms with Crippen molar-refractivity contribution < 1.29 is 12.9 Å². The summed E-state index contributed by atoms with van der Waals surface area (Å²) < 4.78 is 29.3. The number of benzene rings is 1. The van der Waals surface area contributed by atoms with Gasteiger partial charge in [-0.1, -0.05) is 22.9 Å². The Balaban J connectivity index is 2.25. The Morgan fingerprint density at radius 1 is 1.19 bits per heavy atom. The molecule has 0 aliphatic heterocycles. The van der Waals surface area contributed by atoms with Gasteiger partial charge in [-0.15, -0.1) is 0 Å². The van der Waals surface area contributed by atoms with Crippen LogP contribution in [0.1, 0.15) is 29.5 Å². The van der Waals surface area contributed by atoms with Crippen molar-refractivity contribution in [3.8, 4) is 0 Å². The Morgan fingerprint density at radius 2 is 1.81 bits per heavy atom. The normalized spacial score (nSPS) is 12.5. The standard InChI is InChI=1S/C14H17N3O3S/c1-9-5-7-13(8-6-9)21(18,19)17-15-10(2)14-11(3)16-20-12(14)4/h5-8,17H,1-4H3. The molecule has 0 radical (unpaired) electrons. The van der Waals surface area contributed by atoms with Crippen molar-refractivity contribution in [3.63, 3.8) is 0 Å². The summed E-state index contributed by atoms with van der Waals surface area (Å²) in [6.07, 6.45) is 0. The Hall–Kier alpha value is -2.15. The molecule has 112 valence electrons. The third-order valence-corrected chi connectivity index (χ3v) is 4.28. The van der Waals surface area contributed by atoms with Gasteiger partial charge < -0.3 is 4.52 Å². The van der Waals surface area contributed by atoms with Crippen molar-refractivity contribution in [2.75, 3.05) is 0 Å². The lowest BCUT2D eigenvalue weighted by Crippen LogP contribution is -2.20. The lowest BCUT2D eigenvalue weighted by molar-refractivity contribution is 0.393. The van der Waals surface area contributed by atoms with Gasteiger partial charge in [0.25, 0.3) is 10.0 Å². The van der Waals surface area contributed by atoms with Crippen molar-refractivity contribution in [2.24, 2.45) is 5.10 Å². The molecule has 2 rings (SSSR count). The maximum atomic E-state index is 12.1. The topological polar surface area (TPSA) is 84.6 Å². The van der Waals surface area contributed by atoms with Crippen LogP contribution in [0.2, 0.25) is 0 Å². The number of sulfonamides is 1. The summed E-state index contributed by atoms with van der Waals surface area (Å²) in [5, 5.41) is 7.75. The zero-order valence-corrected chi connectivity index (χ0v) is 13.2. The number of hydrazone groups is 1. The van der Waals surface area contributed by atoms with E-state index in [9.17, 15) is 8.42 Å². The molecule has 6 nitrogen and oxygen atoms in total. The van der Waals surface area contributed by atoms with Crippen LogP contribution < -0.4 is 4.83 Å². The number of nitrogens with zero attached hydrogens (tertiary/aromatic N) is 2. The van der Waals surface area contributed by atoms with Crippen LogP contribution in [0.15, 0.2) is 38.8 Å². The fraction of sp³-hybridized carbons (Fsp3) is 0.286. The quantitative estimate of drug-likeness (QED) is 0.694. The Labute approximate surface area is 123 Å². The third-order valence-electron chi connectivity index (χ3n) is 3.06. The largest absolute Gasteiger partial charge is 0.361 e. The molecule has 1 aromatic heterocycles. The van der Waals surface area contributed by atoms with Crippen molar-refractivity contribution >= 4 is 15.7 Å². The predicted molar refractivity (Wildman–Crippen MR) is 79.7 cm³/mol. The molecule has 1 N–H and O–H groups in total. The molecule has 0 unspecified atom stereocenters. The van der Waals surface area contributed by atoms with Crippen molar-refractivity contribution in [2.45, 2.75) is 32.6 Å². The first-order valence-electron chi connectivity index (χ1n) is 6.37. The van der Waals surface area contributed by atoms with Gasteiger partial charge >= 0.3 is 0 Å². The van der Waals surface area contributed by atoms with E-state index in [1.807, 2.05) is 6.92 Å². The Kier molecular flexibility index (Phi) is 4.13. The van der Waals surface area contributed by atoms with Crippen LogP contribution in [0.4, 0.5) is 0 Å². The molecule has 0 atom stereocenters. The number of nitrogens with one attached hydrogen (secondary N) is 1. The molecule has 0 aliphatic rings. The number of rotatable bonds is 4. The highest BCUT2D eigenvalue weighted by Crippen LogP contribution is 2.14. The maximum absolute atomic E-state index is 12.1. The van der Waals surface area contributed by atoms with E-state index in [0.717, 1.165) is 5.56 Å². The highest BCUT2D eigenvalue weighted by atomic mass is 32.2. The fourth-order valence-corrected chi connectivity index (χ4v) is 2.81. The van der Waals surface area contributed by atoms with Gasteiger partial charge in [-0.2, -0.15) is 18.4 Å². The molecule has 0 saturated carbocycles. The second-order valence-corrected chi connectivity index (χ2v) is 6.47. The maximum Gasteiger partial charge on any atom is 0.276 e. The van der Waals surface area contributed by atoms with E-state index in [4.69, 9.17) is 4.52 Å².